The Balaban J connectivity index is 0.000000137. The lowest BCUT2D eigenvalue weighted by Crippen LogP contribution is -1.94. The van der Waals surface area contributed by atoms with E-state index in [0.717, 1.165) is 176 Å². The molecule has 18 rings (SSSR count). The van der Waals surface area contributed by atoms with Gasteiger partial charge in [-0.2, -0.15) is 0 Å². The highest BCUT2D eigenvalue weighted by molar-refractivity contribution is 6.17. The average Bonchev–Trinajstić information content (AvgIpc) is 2.10. The van der Waals surface area contributed by atoms with Gasteiger partial charge in [0.05, 0.1) is 83.6 Å². The fourth-order valence-electron chi connectivity index (χ4n) is 12.4. The lowest BCUT2D eigenvalue weighted by Gasteiger charge is -2.13. The highest BCUT2D eigenvalue weighted by atomic mass is 14.8. The smallest absolute Gasteiger partial charge is 0.0979 e. The molecular formula is C78H46N10. The molecule has 10 aromatic heterocycles. The zero-order valence-corrected chi connectivity index (χ0v) is 47.0. The second-order valence-electron chi connectivity index (χ2n) is 21.9. The summed E-state index contributed by atoms with van der Waals surface area (Å²) in [4.78, 5) is 49.0. The normalized spacial score (nSPS) is 11.6. The fourth-order valence-corrected chi connectivity index (χ4v) is 12.4. The van der Waals surface area contributed by atoms with Gasteiger partial charge in [-0.1, -0.05) is 182 Å². The van der Waals surface area contributed by atoms with Crippen molar-refractivity contribution in [2.75, 3.05) is 0 Å². The quantitative estimate of drug-likeness (QED) is 0.117. The molecule has 0 spiro atoms. The van der Waals surface area contributed by atoms with Crippen molar-refractivity contribution in [2.45, 2.75) is 0 Å². The summed E-state index contributed by atoms with van der Waals surface area (Å²) in [5.41, 5.74) is 21.0. The van der Waals surface area contributed by atoms with E-state index in [2.05, 4.69) is 221 Å². The topological polar surface area (TPSA) is 129 Å². The molecule has 88 heavy (non-hydrogen) atoms. The number of nitrogens with zero attached hydrogens (tertiary/aromatic N) is 10. The van der Waals surface area contributed by atoms with Crippen molar-refractivity contribution in [3.8, 4) is 67.4 Å². The highest BCUT2D eigenvalue weighted by Gasteiger charge is 2.18. The van der Waals surface area contributed by atoms with Crippen molar-refractivity contribution in [3.05, 3.63) is 280 Å². The monoisotopic (exact) mass is 1120 g/mol. The van der Waals surface area contributed by atoms with Gasteiger partial charge in [0.15, 0.2) is 0 Å². The van der Waals surface area contributed by atoms with Gasteiger partial charge >= 0.3 is 0 Å². The van der Waals surface area contributed by atoms with Crippen LogP contribution in [-0.2, 0) is 0 Å². The number of aromatic nitrogens is 10. The van der Waals surface area contributed by atoms with Crippen LogP contribution in [0.4, 0.5) is 0 Å². The molecule has 0 N–H and O–H groups in total. The maximum atomic E-state index is 5.19. The van der Waals surface area contributed by atoms with Crippen LogP contribution < -0.4 is 0 Å². The minimum atomic E-state index is 0.876. The first-order valence-corrected chi connectivity index (χ1v) is 29.2. The minimum absolute atomic E-state index is 0.876. The van der Waals surface area contributed by atoms with Gasteiger partial charge in [-0.3, -0.25) is 19.9 Å². The first-order chi connectivity index (χ1) is 43.6. The van der Waals surface area contributed by atoms with Crippen molar-refractivity contribution >= 4 is 109 Å². The summed E-state index contributed by atoms with van der Waals surface area (Å²) in [6.45, 7) is 0. The van der Waals surface area contributed by atoms with Crippen LogP contribution in [-0.4, -0.2) is 49.8 Å². The number of hydrogen-bond acceptors (Lipinski definition) is 10. The molecular weight excluding hydrogens is 1080 g/mol. The lowest BCUT2D eigenvalue weighted by molar-refractivity contribution is 1.33. The van der Waals surface area contributed by atoms with E-state index in [1.807, 2.05) is 67.3 Å². The molecule has 8 aromatic carbocycles. The first-order valence-electron chi connectivity index (χ1n) is 29.2. The minimum Gasteiger partial charge on any atom is -0.264 e. The van der Waals surface area contributed by atoms with E-state index < -0.39 is 0 Å². The van der Waals surface area contributed by atoms with E-state index in [0.29, 0.717) is 0 Å². The summed E-state index contributed by atoms with van der Waals surface area (Å²) in [7, 11) is 0. The summed E-state index contributed by atoms with van der Waals surface area (Å²) in [5, 5.41) is 10.7. The Morgan fingerprint density at radius 3 is 1.01 bits per heavy atom. The molecule has 0 unspecified atom stereocenters. The third kappa shape index (κ3) is 8.74. The maximum Gasteiger partial charge on any atom is 0.0979 e. The number of hydrogen-bond donors (Lipinski definition) is 0. The van der Waals surface area contributed by atoms with Gasteiger partial charge in [-0.15, -0.1) is 0 Å². The molecule has 408 valence electrons. The first kappa shape index (κ1) is 50.4. The van der Waals surface area contributed by atoms with Crippen LogP contribution in [0.1, 0.15) is 0 Å². The van der Waals surface area contributed by atoms with Gasteiger partial charge in [0, 0.05) is 124 Å². The largest absolute Gasteiger partial charge is 0.264 e. The molecule has 10 heteroatoms. The molecule has 0 amide bonds. The van der Waals surface area contributed by atoms with Crippen LogP contribution in [0.15, 0.2) is 280 Å². The summed E-state index contributed by atoms with van der Waals surface area (Å²) >= 11 is 0. The zero-order valence-electron chi connectivity index (χ0n) is 47.0. The molecule has 0 aliphatic heterocycles. The Bertz CT molecular complexity index is 5440. The van der Waals surface area contributed by atoms with Gasteiger partial charge < -0.3 is 0 Å². The van der Waals surface area contributed by atoms with Crippen LogP contribution in [0.3, 0.4) is 0 Å². The van der Waals surface area contributed by atoms with Crippen LogP contribution in [0.5, 0.6) is 0 Å². The van der Waals surface area contributed by atoms with E-state index in [9.17, 15) is 0 Å². The summed E-state index contributed by atoms with van der Waals surface area (Å²) in [5.74, 6) is 0. The molecule has 0 atom stereocenters. The number of fused-ring (bicyclic) bond motifs is 14. The second kappa shape index (κ2) is 20.9. The Labute approximate surface area is 503 Å². The Morgan fingerprint density at radius 1 is 0.193 bits per heavy atom. The van der Waals surface area contributed by atoms with E-state index >= 15 is 0 Å². The van der Waals surface area contributed by atoms with Crippen molar-refractivity contribution in [3.63, 3.8) is 0 Å². The SMILES string of the molecule is c1ccc(-c2c3ccccc3nc3c2ccc2ccc(-c4ccc(-c5ccc6ccc7cccnc7c6n5)cc4)nc23)nc1.c1cncc(-c2c3ccccc3nc3c2ccc2ccc(-c4ccc(-c5ccc6ccc7cccnc7c6n5)cc4)nc23)c1. The van der Waals surface area contributed by atoms with Crippen LogP contribution >= 0.6 is 0 Å². The van der Waals surface area contributed by atoms with E-state index in [1.165, 1.54) is 0 Å². The predicted octanol–water partition coefficient (Wildman–Crippen LogP) is 18.9. The van der Waals surface area contributed by atoms with Gasteiger partial charge in [-0.25, -0.2) is 29.9 Å². The van der Waals surface area contributed by atoms with Gasteiger partial charge in [-0.05, 0) is 66.7 Å². The number of para-hydroxylation sites is 2. The lowest BCUT2D eigenvalue weighted by atomic mass is 9.96. The molecule has 0 saturated heterocycles. The highest BCUT2D eigenvalue weighted by Crippen LogP contribution is 2.40. The Morgan fingerprint density at radius 2 is 0.568 bits per heavy atom. The summed E-state index contributed by atoms with van der Waals surface area (Å²) < 4.78 is 0. The third-order valence-corrected chi connectivity index (χ3v) is 16.7. The van der Waals surface area contributed by atoms with Crippen LogP contribution in [0.25, 0.3) is 176 Å². The van der Waals surface area contributed by atoms with Crippen molar-refractivity contribution in [1.29, 1.82) is 0 Å². The van der Waals surface area contributed by atoms with Gasteiger partial charge in [0.1, 0.15) is 0 Å². The van der Waals surface area contributed by atoms with Crippen molar-refractivity contribution in [1.82, 2.24) is 49.8 Å². The zero-order chi connectivity index (χ0) is 58.1. The third-order valence-electron chi connectivity index (χ3n) is 16.7. The standard InChI is InChI=1S/2C39H23N5/c1-2-8-34-30(7-1)35(29-6-3-21-40-23-29)31-18-15-28-17-20-33(43-38(28)39(31)44-34)25-11-9-24(10-12-25)32-19-16-27-14-13-26-5-4-22-41-36(26)37(27)42-32;1-2-8-33-29(7-1)35(34-9-3-4-22-40-34)30-19-16-28-18-21-32(43-38(28)39(30)44-33)25-12-10-24(11-13-25)31-20-17-27-15-14-26-6-5-23-41-36(26)37(27)42-31/h2*1-23H. The Kier molecular flexibility index (Phi) is 12.0. The predicted molar refractivity (Wildman–Crippen MR) is 359 cm³/mol. The Hall–Kier alpha value is -12.1. The van der Waals surface area contributed by atoms with E-state index in [4.69, 9.17) is 34.9 Å². The number of rotatable bonds is 6. The molecule has 0 aliphatic carbocycles. The molecule has 0 saturated carbocycles. The molecule has 0 bridgehead atoms. The molecule has 0 fully saturated rings. The molecule has 18 aromatic rings. The van der Waals surface area contributed by atoms with Crippen molar-refractivity contribution < 1.29 is 0 Å². The molecule has 10 heterocycles. The summed E-state index contributed by atoms with van der Waals surface area (Å²) in [6.07, 6.45) is 9.20. The van der Waals surface area contributed by atoms with E-state index in [1.54, 1.807) is 6.20 Å². The number of benzene rings is 8. The maximum absolute atomic E-state index is 5.19. The van der Waals surface area contributed by atoms with E-state index in [-0.39, 0.29) is 0 Å². The average molecular weight is 1120 g/mol. The van der Waals surface area contributed by atoms with Crippen molar-refractivity contribution in [2.24, 2.45) is 0 Å². The van der Waals surface area contributed by atoms with Crippen LogP contribution in [0, 0.1) is 0 Å². The molecule has 10 nitrogen and oxygen atoms in total. The molecule has 0 aliphatic rings. The van der Waals surface area contributed by atoms with Gasteiger partial charge in [0.25, 0.3) is 0 Å². The van der Waals surface area contributed by atoms with Crippen LogP contribution in [0.2, 0.25) is 0 Å². The molecule has 0 radical (unpaired) electrons. The fraction of sp³-hybridized carbons (Fsp3) is 0. The number of pyridine rings is 10. The second-order valence-corrected chi connectivity index (χ2v) is 21.9. The van der Waals surface area contributed by atoms with Gasteiger partial charge in [0.2, 0.25) is 0 Å². The summed E-state index contributed by atoms with van der Waals surface area (Å²) in [6, 6.07) is 85.4.